The molecule has 1 aliphatic rings. The van der Waals surface area contributed by atoms with Gasteiger partial charge in [0.2, 0.25) is 5.28 Å². The van der Waals surface area contributed by atoms with Gasteiger partial charge in [0.25, 0.3) is 0 Å². The molecule has 1 unspecified atom stereocenters. The molecule has 0 spiro atoms. The van der Waals surface area contributed by atoms with Gasteiger partial charge in [-0.1, -0.05) is 0 Å². The largest absolute Gasteiger partial charge is 0.298 e. The summed E-state index contributed by atoms with van der Waals surface area (Å²) in [5.41, 5.74) is 0. The molecule has 0 bridgehead atoms. The number of rotatable bonds is 1. The normalized spacial score (nSPS) is 25.3. The Morgan fingerprint density at radius 1 is 1.47 bits per heavy atom. The number of hydrogen-bond donors (Lipinski definition) is 0. The molecule has 84 valence electrons. The van der Waals surface area contributed by atoms with Crippen molar-refractivity contribution in [1.29, 1.82) is 0 Å². The van der Waals surface area contributed by atoms with Crippen LogP contribution in [-0.2, 0) is 9.84 Å². The Balaban J connectivity index is 2.32. The van der Waals surface area contributed by atoms with Gasteiger partial charge >= 0.3 is 0 Å². The highest BCUT2D eigenvalue weighted by Gasteiger charge is 2.28. The van der Waals surface area contributed by atoms with Crippen molar-refractivity contribution in [3.05, 3.63) is 11.1 Å². The van der Waals surface area contributed by atoms with Crippen molar-refractivity contribution >= 4 is 21.4 Å². The van der Waals surface area contributed by atoms with E-state index in [2.05, 4.69) is 10.2 Å². The van der Waals surface area contributed by atoms with Crippen LogP contribution in [0.4, 0.5) is 0 Å². The predicted octanol–water partition coefficient (Wildman–Crippen LogP) is 0.990. The van der Waals surface area contributed by atoms with Crippen molar-refractivity contribution in [3.8, 4) is 0 Å². The Morgan fingerprint density at radius 2 is 2.20 bits per heavy atom. The summed E-state index contributed by atoms with van der Waals surface area (Å²) < 4.78 is 24.7. The van der Waals surface area contributed by atoms with Gasteiger partial charge in [0.1, 0.15) is 5.82 Å². The summed E-state index contributed by atoms with van der Waals surface area (Å²) in [5.74, 6) is 1.09. The Labute approximate surface area is 93.4 Å². The SMILES string of the molecule is Cc1nnc(Cl)n1C1CCCS(=O)(=O)C1. The summed E-state index contributed by atoms with van der Waals surface area (Å²) in [6.45, 7) is 1.78. The first-order chi connectivity index (χ1) is 6.99. The number of aryl methyl sites for hydroxylation is 1. The Hall–Kier alpha value is -0.620. The lowest BCUT2D eigenvalue weighted by molar-refractivity contribution is 0.462. The summed E-state index contributed by atoms with van der Waals surface area (Å²) in [7, 11) is -2.93. The Kier molecular flexibility index (Phi) is 2.72. The number of hydrogen-bond acceptors (Lipinski definition) is 4. The highest BCUT2D eigenvalue weighted by Crippen LogP contribution is 2.26. The smallest absolute Gasteiger partial charge is 0.225 e. The van der Waals surface area contributed by atoms with Crippen molar-refractivity contribution in [2.45, 2.75) is 25.8 Å². The number of aromatic nitrogens is 3. The highest BCUT2D eigenvalue weighted by molar-refractivity contribution is 7.91. The number of sulfone groups is 1. The topological polar surface area (TPSA) is 64.8 Å². The molecule has 2 heterocycles. The van der Waals surface area contributed by atoms with Gasteiger partial charge in [-0.3, -0.25) is 4.57 Å². The number of nitrogens with zero attached hydrogens (tertiary/aromatic N) is 3. The molecule has 0 aromatic carbocycles. The Morgan fingerprint density at radius 3 is 2.73 bits per heavy atom. The van der Waals surface area contributed by atoms with E-state index >= 15 is 0 Å². The molecule has 0 saturated carbocycles. The molecule has 2 rings (SSSR count). The minimum atomic E-state index is -2.93. The van der Waals surface area contributed by atoms with E-state index in [1.54, 1.807) is 11.5 Å². The third-order valence-electron chi connectivity index (χ3n) is 2.63. The summed E-state index contributed by atoms with van der Waals surface area (Å²) in [5, 5.41) is 7.82. The first kappa shape index (κ1) is 10.9. The molecule has 15 heavy (non-hydrogen) atoms. The van der Waals surface area contributed by atoms with Crippen molar-refractivity contribution in [2.75, 3.05) is 11.5 Å². The van der Waals surface area contributed by atoms with Crippen LogP contribution in [0.2, 0.25) is 5.28 Å². The zero-order valence-corrected chi connectivity index (χ0v) is 9.92. The predicted molar refractivity (Wildman–Crippen MR) is 56.7 cm³/mol. The lowest BCUT2D eigenvalue weighted by Crippen LogP contribution is -2.28. The molecule has 0 radical (unpaired) electrons. The van der Waals surface area contributed by atoms with E-state index in [0.717, 1.165) is 6.42 Å². The van der Waals surface area contributed by atoms with Gasteiger partial charge in [0.15, 0.2) is 9.84 Å². The van der Waals surface area contributed by atoms with Gasteiger partial charge in [-0.15, -0.1) is 10.2 Å². The van der Waals surface area contributed by atoms with Gasteiger partial charge in [-0.05, 0) is 31.4 Å². The lowest BCUT2D eigenvalue weighted by Gasteiger charge is -2.24. The quantitative estimate of drug-likeness (QED) is 0.745. The summed E-state index contributed by atoms with van der Waals surface area (Å²) >= 11 is 5.87. The monoisotopic (exact) mass is 249 g/mol. The maximum atomic E-state index is 11.5. The average molecular weight is 250 g/mol. The summed E-state index contributed by atoms with van der Waals surface area (Å²) in [4.78, 5) is 0. The number of halogens is 1. The maximum Gasteiger partial charge on any atom is 0.225 e. The first-order valence-electron chi connectivity index (χ1n) is 4.77. The lowest BCUT2D eigenvalue weighted by atomic mass is 10.2. The minimum Gasteiger partial charge on any atom is -0.298 e. The molecule has 1 atom stereocenters. The fraction of sp³-hybridized carbons (Fsp3) is 0.750. The van der Waals surface area contributed by atoms with Gasteiger partial charge in [0, 0.05) is 0 Å². The zero-order valence-electron chi connectivity index (χ0n) is 8.35. The van der Waals surface area contributed by atoms with Crippen LogP contribution >= 0.6 is 11.6 Å². The summed E-state index contributed by atoms with van der Waals surface area (Å²) in [6.07, 6.45) is 1.50. The molecule has 1 aromatic rings. The van der Waals surface area contributed by atoms with Crippen LogP contribution in [0.25, 0.3) is 0 Å². The highest BCUT2D eigenvalue weighted by atomic mass is 35.5. The maximum absolute atomic E-state index is 11.5. The van der Waals surface area contributed by atoms with E-state index in [4.69, 9.17) is 11.6 Å². The third kappa shape index (κ3) is 2.15. The van der Waals surface area contributed by atoms with Crippen molar-refractivity contribution < 1.29 is 8.42 Å². The van der Waals surface area contributed by atoms with E-state index in [1.165, 1.54) is 0 Å². The fourth-order valence-electron chi connectivity index (χ4n) is 1.96. The van der Waals surface area contributed by atoms with Crippen LogP contribution in [0.1, 0.15) is 24.7 Å². The van der Waals surface area contributed by atoms with Crippen LogP contribution < -0.4 is 0 Å². The minimum absolute atomic E-state index is 0.105. The average Bonchev–Trinajstić information content (AvgIpc) is 2.44. The summed E-state index contributed by atoms with van der Waals surface area (Å²) in [6, 6.07) is -0.105. The van der Waals surface area contributed by atoms with Crippen LogP contribution in [0, 0.1) is 6.92 Å². The van der Waals surface area contributed by atoms with Crippen molar-refractivity contribution in [3.63, 3.8) is 0 Å². The molecular formula is C8H12ClN3O2S. The van der Waals surface area contributed by atoms with Crippen molar-refractivity contribution in [1.82, 2.24) is 14.8 Å². The first-order valence-corrected chi connectivity index (χ1v) is 6.97. The van der Waals surface area contributed by atoms with E-state index in [1.807, 2.05) is 0 Å². The molecule has 1 saturated heterocycles. The second-order valence-corrected chi connectivity index (χ2v) is 6.36. The van der Waals surface area contributed by atoms with Crippen molar-refractivity contribution in [2.24, 2.45) is 0 Å². The molecule has 1 aromatic heterocycles. The zero-order chi connectivity index (χ0) is 11.1. The molecular weight excluding hydrogens is 238 g/mol. The van der Waals surface area contributed by atoms with Crippen LogP contribution in [0.3, 0.4) is 0 Å². The molecule has 0 aliphatic carbocycles. The second kappa shape index (κ2) is 3.75. The molecule has 1 fully saturated rings. The molecule has 7 heteroatoms. The third-order valence-corrected chi connectivity index (χ3v) is 4.69. The standard InChI is InChI=1S/C8H12ClN3O2S/c1-6-10-11-8(9)12(6)7-3-2-4-15(13,14)5-7/h7H,2-5H2,1H3. The van der Waals surface area contributed by atoms with E-state index in [9.17, 15) is 8.42 Å². The van der Waals surface area contributed by atoms with E-state index < -0.39 is 9.84 Å². The molecule has 0 amide bonds. The van der Waals surface area contributed by atoms with Crippen LogP contribution in [-0.4, -0.2) is 34.7 Å². The molecule has 5 nitrogen and oxygen atoms in total. The Bertz CT molecular complexity index is 449. The van der Waals surface area contributed by atoms with Crippen LogP contribution in [0.15, 0.2) is 0 Å². The fourth-order valence-corrected chi connectivity index (χ4v) is 3.93. The van der Waals surface area contributed by atoms with Gasteiger partial charge in [0.05, 0.1) is 17.5 Å². The molecule has 1 aliphatic heterocycles. The van der Waals surface area contributed by atoms with Gasteiger partial charge in [-0.2, -0.15) is 0 Å². The molecule has 0 N–H and O–H groups in total. The van der Waals surface area contributed by atoms with Gasteiger partial charge < -0.3 is 0 Å². The van der Waals surface area contributed by atoms with E-state index in [-0.39, 0.29) is 22.8 Å². The van der Waals surface area contributed by atoms with Gasteiger partial charge in [-0.25, -0.2) is 8.42 Å². The van der Waals surface area contributed by atoms with Crippen LogP contribution in [0.5, 0.6) is 0 Å². The second-order valence-electron chi connectivity index (χ2n) is 3.80. The van der Waals surface area contributed by atoms with E-state index in [0.29, 0.717) is 12.2 Å².